The number of phenols is 2. The lowest BCUT2D eigenvalue weighted by atomic mass is 10.1. The van der Waals surface area contributed by atoms with E-state index in [0.717, 1.165) is 4.47 Å². The van der Waals surface area contributed by atoms with Crippen LogP contribution in [0.1, 0.15) is 21.5 Å². The van der Waals surface area contributed by atoms with Crippen LogP contribution in [0, 0.1) is 0 Å². The lowest BCUT2D eigenvalue weighted by molar-refractivity contribution is 0.104. The number of hydrogen-bond donors (Lipinski definition) is 2. The van der Waals surface area contributed by atoms with Crippen molar-refractivity contribution in [2.45, 2.75) is 6.42 Å². The Labute approximate surface area is 138 Å². The minimum absolute atomic E-state index is 0.0821. The second-order valence-corrected chi connectivity index (χ2v) is 6.57. The first-order valence-electron chi connectivity index (χ1n) is 6.21. The summed E-state index contributed by atoms with van der Waals surface area (Å²) in [5, 5.41) is 19.9. The Morgan fingerprint density at radius 3 is 2.62 bits per heavy atom. The number of halogens is 2. The molecule has 0 saturated carbocycles. The van der Waals surface area contributed by atoms with Crippen LogP contribution in [0.2, 0.25) is 0 Å². The Bertz CT molecular complexity index is 794. The van der Waals surface area contributed by atoms with E-state index in [-0.39, 0.29) is 17.3 Å². The number of benzene rings is 2. The van der Waals surface area contributed by atoms with Crippen LogP contribution < -0.4 is 0 Å². The van der Waals surface area contributed by atoms with Gasteiger partial charge in [0.2, 0.25) is 0 Å². The summed E-state index contributed by atoms with van der Waals surface area (Å²) in [7, 11) is 0. The highest BCUT2D eigenvalue weighted by atomic mass is 79.9. The third kappa shape index (κ3) is 2.51. The van der Waals surface area contributed by atoms with Crippen LogP contribution >= 0.6 is 31.9 Å². The first-order chi connectivity index (χ1) is 9.97. The number of fused-ring (bicyclic) bond motifs is 1. The summed E-state index contributed by atoms with van der Waals surface area (Å²) in [6.07, 6.45) is 2.02. The summed E-state index contributed by atoms with van der Waals surface area (Å²) in [6.45, 7) is 0. The summed E-state index contributed by atoms with van der Waals surface area (Å²) in [5.41, 5.74) is 2.26. The average Bonchev–Trinajstić information content (AvgIpc) is 2.74. The molecule has 0 saturated heterocycles. The van der Waals surface area contributed by atoms with Crippen molar-refractivity contribution in [1.82, 2.24) is 0 Å². The van der Waals surface area contributed by atoms with Gasteiger partial charge in [0.1, 0.15) is 11.5 Å². The molecule has 21 heavy (non-hydrogen) atoms. The van der Waals surface area contributed by atoms with Gasteiger partial charge in [0.05, 0.1) is 4.47 Å². The van der Waals surface area contributed by atoms with E-state index in [2.05, 4.69) is 31.9 Å². The fraction of sp³-hybridized carbons (Fsp3) is 0.0625. The predicted molar refractivity (Wildman–Crippen MR) is 87.6 cm³/mol. The van der Waals surface area contributed by atoms with Crippen molar-refractivity contribution in [3.8, 4) is 11.5 Å². The Morgan fingerprint density at radius 1 is 1.14 bits per heavy atom. The molecule has 0 bridgehead atoms. The zero-order valence-corrected chi connectivity index (χ0v) is 13.9. The number of phenolic OH excluding ortho intramolecular Hbond substituents is 2. The summed E-state index contributed by atoms with van der Waals surface area (Å²) >= 11 is 6.62. The Kier molecular flexibility index (Phi) is 3.63. The van der Waals surface area contributed by atoms with E-state index in [1.54, 1.807) is 36.4 Å². The van der Waals surface area contributed by atoms with Gasteiger partial charge in [-0.2, -0.15) is 0 Å². The van der Waals surface area contributed by atoms with E-state index < -0.39 is 0 Å². The molecule has 3 nitrogen and oxygen atoms in total. The molecule has 0 unspecified atom stereocenters. The molecule has 1 aliphatic carbocycles. The number of ketones is 1. The Balaban J connectivity index is 2.08. The van der Waals surface area contributed by atoms with Gasteiger partial charge in [-0.25, -0.2) is 0 Å². The maximum absolute atomic E-state index is 12.4. The largest absolute Gasteiger partial charge is 0.508 e. The van der Waals surface area contributed by atoms with Crippen LogP contribution in [-0.2, 0) is 6.42 Å². The standard InChI is InChI=1S/C16H10Br2O3/c17-10-5-8(16(21)13(18)7-10)4-9-6-12-11(15(9)20)2-1-3-14(12)19/h1-5,7,19,21H,6H2/b9-4+. The number of allylic oxidation sites excluding steroid dienone is 1. The molecule has 0 amide bonds. The maximum atomic E-state index is 12.4. The Hall–Kier alpha value is -1.59. The third-order valence-corrected chi connectivity index (χ3v) is 4.50. The zero-order valence-electron chi connectivity index (χ0n) is 10.7. The highest BCUT2D eigenvalue weighted by molar-refractivity contribution is 9.11. The van der Waals surface area contributed by atoms with Crippen molar-refractivity contribution >= 4 is 43.7 Å². The smallest absolute Gasteiger partial charge is 0.189 e. The molecule has 0 aliphatic heterocycles. The lowest BCUT2D eigenvalue weighted by Crippen LogP contribution is -1.95. The molecule has 0 fully saturated rings. The molecule has 1 aliphatic rings. The highest BCUT2D eigenvalue weighted by Gasteiger charge is 2.27. The normalized spacial score (nSPS) is 15.5. The van der Waals surface area contributed by atoms with E-state index in [1.165, 1.54) is 0 Å². The molecular weight excluding hydrogens is 400 g/mol. The molecule has 0 radical (unpaired) electrons. The Morgan fingerprint density at radius 2 is 1.90 bits per heavy atom. The van der Waals surface area contributed by atoms with Crippen molar-refractivity contribution in [3.63, 3.8) is 0 Å². The van der Waals surface area contributed by atoms with E-state index >= 15 is 0 Å². The number of rotatable bonds is 1. The second-order valence-electron chi connectivity index (χ2n) is 4.80. The van der Waals surface area contributed by atoms with E-state index in [1.807, 2.05) is 0 Å². The van der Waals surface area contributed by atoms with Gasteiger partial charge in [-0.3, -0.25) is 4.79 Å². The topological polar surface area (TPSA) is 57.5 Å². The predicted octanol–water partition coefficient (Wildman–Crippen LogP) is 4.45. The summed E-state index contributed by atoms with van der Waals surface area (Å²) in [4.78, 5) is 12.4. The molecule has 2 aromatic rings. The van der Waals surface area contributed by atoms with Crippen molar-refractivity contribution in [2.75, 3.05) is 0 Å². The summed E-state index contributed by atoms with van der Waals surface area (Å²) in [5.74, 6) is 0.0963. The molecule has 3 rings (SSSR count). The van der Waals surface area contributed by atoms with Crippen LogP contribution in [0.3, 0.4) is 0 Å². The minimum atomic E-state index is -0.114. The van der Waals surface area contributed by atoms with Gasteiger partial charge in [-0.1, -0.05) is 28.1 Å². The van der Waals surface area contributed by atoms with Crippen LogP contribution in [0.25, 0.3) is 6.08 Å². The number of carbonyl (C=O) groups is 1. The van der Waals surface area contributed by atoms with Crippen molar-refractivity contribution in [2.24, 2.45) is 0 Å². The molecule has 2 N–H and O–H groups in total. The number of carbonyl (C=O) groups excluding carboxylic acids is 1. The van der Waals surface area contributed by atoms with Gasteiger partial charge in [0.15, 0.2) is 5.78 Å². The fourth-order valence-corrected chi connectivity index (χ4v) is 3.68. The zero-order chi connectivity index (χ0) is 15.1. The number of hydrogen-bond acceptors (Lipinski definition) is 3. The van der Waals surface area contributed by atoms with Crippen molar-refractivity contribution in [3.05, 3.63) is 61.5 Å². The first kappa shape index (κ1) is 14.4. The monoisotopic (exact) mass is 408 g/mol. The van der Waals surface area contributed by atoms with E-state index in [4.69, 9.17) is 0 Å². The SMILES string of the molecule is O=C1/C(=C/c2cc(Br)cc(Br)c2O)Cc2c(O)cccc21. The fourth-order valence-electron chi connectivity index (χ4n) is 2.42. The first-order valence-corrected chi connectivity index (χ1v) is 7.80. The van der Waals surface area contributed by atoms with E-state index in [9.17, 15) is 15.0 Å². The lowest BCUT2D eigenvalue weighted by Gasteiger charge is -2.04. The van der Waals surface area contributed by atoms with Crippen molar-refractivity contribution in [1.29, 1.82) is 0 Å². The number of Topliss-reactive ketones (excluding diaryl/α,β-unsaturated/α-hetero) is 1. The molecular formula is C16H10Br2O3. The number of aromatic hydroxyl groups is 2. The molecule has 0 heterocycles. The van der Waals surface area contributed by atoms with Crippen LogP contribution in [0.5, 0.6) is 11.5 Å². The van der Waals surface area contributed by atoms with Crippen LogP contribution in [0.15, 0.2) is 44.9 Å². The van der Waals surface area contributed by atoms with Crippen molar-refractivity contribution < 1.29 is 15.0 Å². The molecule has 2 aromatic carbocycles. The van der Waals surface area contributed by atoms with Gasteiger partial charge >= 0.3 is 0 Å². The second kappa shape index (κ2) is 5.31. The van der Waals surface area contributed by atoms with Gasteiger partial charge in [-0.05, 0) is 40.2 Å². The highest BCUT2D eigenvalue weighted by Crippen LogP contribution is 2.37. The third-order valence-electron chi connectivity index (χ3n) is 3.44. The maximum Gasteiger partial charge on any atom is 0.189 e. The average molecular weight is 410 g/mol. The van der Waals surface area contributed by atoms with Gasteiger partial charge in [0.25, 0.3) is 0 Å². The summed E-state index contributed by atoms with van der Waals surface area (Å²) in [6, 6.07) is 8.40. The molecule has 0 aromatic heterocycles. The van der Waals surface area contributed by atoms with Crippen LogP contribution in [0.4, 0.5) is 0 Å². The van der Waals surface area contributed by atoms with Crippen LogP contribution in [-0.4, -0.2) is 16.0 Å². The van der Waals surface area contributed by atoms with Gasteiger partial charge in [0, 0.05) is 33.2 Å². The van der Waals surface area contributed by atoms with Gasteiger partial charge in [-0.15, -0.1) is 0 Å². The minimum Gasteiger partial charge on any atom is -0.508 e. The summed E-state index contributed by atoms with van der Waals surface area (Å²) < 4.78 is 1.35. The van der Waals surface area contributed by atoms with E-state index in [0.29, 0.717) is 33.2 Å². The molecule has 0 atom stereocenters. The molecule has 0 spiro atoms. The molecule has 106 valence electrons. The quantitative estimate of drug-likeness (QED) is 0.684. The molecule has 5 heteroatoms. The van der Waals surface area contributed by atoms with Gasteiger partial charge < -0.3 is 10.2 Å².